The number of imidazole rings is 1. The van der Waals surface area contributed by atoms with Crippen molar-refractivity contribution in [2.75, 3.05) is 13.6 Å². The van der Waals surface area contributed by atoms with Crippen LogP contribution in [0.25, 0.3) is 0 Å². The van der Waals surface area contributed by atoms with E-state index in [4.69, 9.17) is 11.6 Å². The Morgan fingerprint density at radius 2 is 2.06 bits per heavy atom. The summed E-state index contributed by atoms with van der Waals surface area (Å²) in [5, 5.41) is 0.554. The van der Waals surface area contributed by atoms with E-state index in [0.717, 1.165) is 19.6 Å². The zero-order valence-corrected chi connectivity index (χ0v) is 10.6. The summed E-state index contributed by atoms with van der Waals surface area (Å²) in [7, 11) is 2.11. The third-order valence-electron chi connectivity index (χ3n) is 2.68. The van der Waals surface area contributed by atoms with Crippen LogP contribution in [0.4, 0.5) is 0 Å². The summed E-state index contributed by atoms with van der Waals surface area (Å²) in [6.07, 6.45) is 3.62. The highest BCUT2D eigenvalue weighted by Gasteiger charge is 2.02. The maximum atomic E-state index is 5.92. The second-order valence-electron chi connectivity index (χ2n) is 4.11. The van der Waals surface area contributed by atoms with Crippen LogP contribution in [0.1, 0.15) is 5.56 Å². The molecule has 0 saturated carbocycles. The molecule has 90 valence electrons. The normalized spacial score (nSPS) is 11.0. The van der Waals surface area contributed by atoms with Gasteiger partial charge in [0.2, 0.25) is 5.28 Å². The molecule has 3 nitrogen and oxygen atoms in total. The van der Waals surface area contributed by atoms with Gasteiger partial charge < -0.3 is 9.47 Å². The first-order valence-corrected chi connectivity index (χ1v) is 6.02. The quantitative estimate of drug-likeness (QED) is 0.812. The Hall–Kier alpha value is -1.32. The number of rotatable bonds is 5. The van der Waals surface area contributed by atoms with Crippen molar-refractivity contribution in [2.24, 2.45) is 0 Å². The van der Waals surface area contributed by atoms with Crippen molar-refractivity contribution in [3.63, 3.8) is 0 Å². The predicted octanol–water partition coefficient (Wildman–Crippen LogP) is 2.67. The summed E-state index contributed by atoms with van der Waals surface area (Å²) < 4.78 is 1.95. The van der Waals surface area contributed by atoms with Crippen LogP contribution in [0.2, 0.25) is 5.28 Å². The third kappa shape index (κ3) is 3.58. The lowest BCUT2D eigenvalue weighted by molar-refractivity contribution is 0.311. The SMILES string of the molecule is CN(CCn1ccnc1Cl)Cc1ccccc1. The van der Waals surface area contributed by atoms with Gasteiger partial charge in [-0.1, -0.05) is 30.3 Å². The van der Waals surface area contributed by atoms with Crippen molar-refractivity contribution in [2.45, 2.75) is 13.1 Å². The summed E-state index contributed by atoms with van der Waals surface area (Å²) in [6, 6.07) is 10.4. The first-order chi connectivity index (χ1) is 8.25. The molecule has 0 atom stereocenters. The van der Waals surface area contributed by atoms with Crippen molar-refractivity contribution >= 4 is 11.6 Å². The second kappa shape index (κ2) is 5.84. The Balaban J connectivity index is 1.82. The van der Waals surface area contributed by atoms with E-state index in [-0.39, 0.29) is 0 Å². The molecule has 17 heavy (non-hydrogen) atoms. The van der Waals surface area contributed by atoms with E-state index in [1.54, 1.807) is 6.20 Å². The van der Waals surface area contributed by atoms with Gasteiger partial charge >= 0.3 is 0 Å². The molecule has 0 aliphatic carbocycles. The standard InChI is InChI=1S/C13H16ClN3/c1-16(11-12-5-3-2-4-6-12)9-10-17-8-7-15-13(17)14/h2-8H,9-11H2,1H3. The fourth-order valence-corrected chi connectivity index (χ4v) is 1.93. The lowest BCUT2D eigenvalue weighted by Crippen LogP contribution is -2.22. The lowest BCUT2D eigenvalue weighted by atomic mass is 10.2. The van der Waals surface area contributed by atoms with Gasteiger partial charge in [0, 0.05) is 32.0 Å². The van der Waals surface area contributed by atoms with Gasteiger partial charge in [-0.3, -0.25) is 0 Å². The molecule has 0 aliphatic heterocycles. The molecule has 1 aromatic heterocycles. The molecule has 0 N–H and O–H groups in total. The van der Waals surface area contributed by atoms with Crippen LogP contribution < -0.4 is 0 Å². The van der Waals surface area contributed by atoms with Crippen molar-refractivity contribution in [3.05, 3.63) is 53.6 Å². The highest BCUT2D eigenvalue weighted by atomic mass is 35.5. The molecular formula is C13H16ClN3. The molecular weight excluding hydrogens is 234 g/mol. The molecule has 2 aromatic rings. The summed E-state index contributed by atoms with van der Waals surface area (Å²) in [4.78, 5) is 6.26. The molecule has 0 spiro atoms. The van der Waals surface area contributed by atoms with Gasteiger partial charge in [-0.25, -0.2) is 4.98 Å². The highest BCUT2D eigenvalue weighted by Crippen LogP contribution is 2.06. The Kier molecular flexibility index (Phi) is 4.18. The molecule has 0 amide bonds. The van der Waals surface area contributed by atoms with E-state index in [9.17, 15) is 0 Å². The van der Waals surface area contributed by atoms with Crippen LogP contribution >= 0.6 is 11.6 Å². The van der Waals surface area contributed by atoms with Crippen LogP contribution in [-0.2, 0) is 13.1 Å². The number of aromatic nitrogens is 2. The molecule has 0 radical (unpaired) electrons. The number of nitrogens with zero attached hydrogens (tertiary/aromatic N) is 3. The smallest absolute Gasteiger partial charge is 0.202 e. The maximum absolute atomic E-state index is 5.92. The van der Waals surface area contributed by atoms with E-state index < -0.39 is 0 Å². The monoisotopic (exact) mass is 249 g/mol. The fraction of sp³-hybridized carbons (Fsp3) is 0.308. The minimum atomic E-state index is 0.554. The highest BCUT2D eigenvalue weighted by molar-refractivity contribution is 6.28. The van der Waals surface area contributed by atoms with E-state index in [0.29, 0.717) is 5.28 Å². The first-order valence-electron chi connectivity index (χ1n) is 5.65. The molecule has 0 saturated heterocycles. The largest absolute Gasteiger partial charge is 0.321 e. The Labute approximate surface area is 107 Å². The van der Waals surface area contributed by atoms with Gasteiger partial charge in [-0.2, -0.15) is 0 Å². The minimum absolute atomic E-state index is 0.554. The van der Waals surface area contributed by atoms with Crippen molar-refractivity contribution in [3.8, 4) is 0 Å². The van der Waals surface area contributed by atoms with Gasteiger partial charge in [-0.05, 0) is 24.2 Å². The van der Waals surface area contributed by atoms with Crippen LogP contribution in [-0.4, -0.2) is 28.0 Å². The lowest BCUT2D eigenvalue weighted by Gasteiger charge is -2.17. The molecule has 0 unspecified atom stereocenters. The second-order valence-corrected chi connectivity index (χ2v) is 4.45. The molecule has 1 heterocycles. The predicted molar refractivity (Wildman–Crippen MR) is 70.0 cm³/mol. The molecule has 0 bridgehead atoms. The van der Waals surface area contributed by atoms with Crippen LogP contribution in [0.15, 0.2) is 42.7 Å². The van der Waals surface area contributed by atoms with Crippen LogP contribution in [0.3, 0.4) is 0 Å². The summed E-state index contributed by atoms with van der Waals surface area (Å²) in [5.74, 6) is 0. The summed E-state index contributed by atoms with van der Waals surface area (Å²) >= 11 is 5.92. The van der Waals surface area contributed by atoms with Crippen LogP contribution in [0.5, 0.6) is 0 Å². The van der Waals surface area contributed by atoms with Gasteiger partial charge in [0.25, 0.3) is 0 Å². The van der Waals surface area contributed by atoms with E-state index >= 15 is 0 Å². The summed E-state index contributed by atoms with van der Waals surface area (Å²) in [6.45, 7) is 2.76. The van der Waals surface area contributed by atoms with Crippen LogP contribution in [0, 0.1) is 0 Å². The number of halogens is 1. The van der Waals surface area contributed by atoms with Gasteiger partial charge in [0.05, 0.1) is 0 Å². The zero-order valence-electron chi connectivity index (χ0n) is 9.88. The topological polar surface area (TPSA) is 21.1 Å². The number of benzene rings is 1. The van der Waals surface area contributed by atoms with E-state index in [1.807, 2.05) is 16.8 Å². The van der Waals surface area contributed by atoms with Gasteiger partial charge in [-0.15, -0.1) is 0 Å². The molecule has 4 heteroatoms. The van der Waals surface area contributed by atoms with E-state index in [2.05, 4.69) is 41.2 Å². The fourth-order valence-electron chi connectivity index (χ4n) is 1.73. The zero-order chi connectivity index (χ0) is 12.1. The maximum Gasteiger partial charge on any atom is 0.202 e. The number of hydrogen-bond acceptors (Lipinski definition) is 2. The first kappa shape index (κ1) is 12.1. The van der Waals surface area contributed by atoms with Gasteiger partial charge in [0.15, 0.2) is 0 Å². The van der Waals surface area contributed by atoms with Crippen molar-refractivity contribution in [1.82, 2.24) is 14.5 Å². The minimum Gasteiger partial charge on any atom is -0.321 e. The molecule has 0 aliphatic rings. The Morgan fingerprint density at radius 3 is 2.71 bits per heavy atom. The number of likely N-dealkylation sites (N-methyl/N-ethyl adjacent to an activating group) is 1. The van der Waals surface area contributed by atoms with Crippen molar-refractivity contribution in [1.29, 1.82) is 0 Å². The average Bonchev–Trinajstić information content (AvgIpc) is 2.74. The molecule has 0 fully saturated rings. The molecule has 2 rings (SSSR count). The third-order valence-corrected chi connectivity index (χ3v) is 3.00. The summed E-state index contributed by atoms with van der Waals surface area (Å²) in [5.41, 5.74) is 1.33. The van der Waals surface area contributed by atoms with E-state index in [1.165, 1.54) is 5.56 Å². The Morgan fingerprint density at radius 1 is 1.29 bits per heavy atom. The molecule has 1 aromatic carbocycles. The van der Waals surface area contributed by atoms with Gasteiger partial charge in [0.1, 0.15) is 0 Å². The number of hydrogen-bond donors (Lipinski definition) is 0. The Bertz CT molecular complexity index is 453. The van der Waals surface area contributed by atoms with Crippen molar-refractivity contribution < 1.29 is 0 Å². The average molecular weight is 250 g/mol.